The van der Waals surface area contributed by atoms with Crippen molar-refractivity contribution in [2.45, 2.75) is 20.0 Å². The van der Waals surface area contributed by atoms with E-state index in [-0.39, 0.29) is 12.0 Å². The summed E-state index contributed by atoms with van der Waals surface area (Å²) in [6, 6.07) is 17.1. The van der Waals surface area contributed by atoms with Crippen LogP contribution in [-0.2, 0) is 0 Å². The second-order valence-electron chi connectivity index (χ2n) is 6.46. The molecule has 0 heterocycles. The molecule has 0 aliphatic rings. The van der Waals surface area contributed by atoms with Crippen LogP contribution in [0.2, 0.25) is 0 Å². The van der Waals surface area contributed by atoms with Crippen LogP contribution < -0.4 is 14.9 Å². The van der Waals surface area contributed by atoms with Crippen LogP contribution in [0.25, 0.3) is 10.8 Å². The smallest absolute Gasteiger partial charge is 0.275 e. The summed E-state index contributed by atoms with van der Waals surface area (Å²) in [4.78, 5) is 12.6. The molecule has 0 aliphatic heterocycles. The van der Waals surface area contributed by atoms with Gasteiger partial charge < -0.3 is 9.47 Å². The van der Waals surface area contributed by atoms with E-state index in [0.717, 1.165) is 26.6 Å². The molecule has 1 N–H and O–H groups in total. The Hall–Kier alpha value is -2.86. The molecule has 3 aromatic carbocycles. The first kappa shape index (κ1) is 19.9. The van der Waals surface area contributed by atoms with E-state index >= 15 is 0 Å². The number of hydrogen-bond donors (Lipinski definition) is 1. The van der Waals surface area contributed by atoms with Gasteiger partial charge in [0, 0.05) is 0 Å². The van der Waals surface area contributed by atoms with Gasteiger partial charge in [-0.2, -0.15) is 5.10 Å². The SMILES string of the molecule is COc1cc2ccccc2cc1C(=O)NN=Cc1ccc(OC(C)C)c(Br)c1. The average Bonchev–Trinajstić information content (AvgIpc) is 2.68. The number of nitrogens with zero attached hydrogens (tertiary/aromatic N) is 1. The van der Waals surface area contributed by atoms with Gasteiger partial charge in [0.05, 0.1) is 29.5 Å². The number of ether oxygens (including phenoxy) is 2. The zero-order chi connectivity index (χ0) is 20.1. The number of halogens is 1. The number of fused-ring (bicyclic) bond motifs is 1. The van der Waals surface area contributed by atoms with E-state index in [0.29, 0.717) is 11.3 Å². The molecule has 28 heavy (non-hydrogen) atoms. The minimum atomic E-state index is -0.335. The average molecular weight is 441 g/mol. The highest BCUT2D eigenvalue weighted by Crippen LogP contribution is 2.27. The zero-order valence-electron chi connectivity index (χ0n) is 15.9. The Morgan fingerprint density at radius 3 is 2.43 bits per heavy atom. The van der Waals surface area contributed by atoms with Crippen LogP contribution in [0.4, 0.5) is 0 Å². The minimum absolute atomic E-state index is 0.0899. The Labute approximate surface area is 172 Å². The monoisotopic (exact) mass is 440 g/mol. The van der Waals surface area contributed by atoms with E-state index in [1.54, 1.807) is 19.4 Å². The predicted octanol–water partition coefficient (Wildman–Crippen LogP) is 5.16. The van der Waals surface area contributed by atoms with E-state index in [9.17, 15) is 4.79 Å². The maximum absolute atomic E-state index is 12.6. The molecule has 0 aromatic heterocycles. The van der Waals surface area contributed by atoms with Crippen molar-refractivity contribution in [3.8, 4) is 11.5 Å². The van der Waals surface area contributed by atoms with Crippen molar-refractivity contribution in [2.24, 2.45) is 5.10 Å². The van der Waals surface area contributed by atoms with Gasteiger partial charge in [-0.05, 0) is 76.4 Å². The molecular weight excluding hydrogens is 420 g/mol. The fourth-order valence-electron chi connectivity index (χ4n) is 2.74. The highest BCUT2D eigenvalue weighted by atomic mass is 79.9. The van der Waals surface area contributed by atoms with Crippen LogP contribution in [0.5, 0.6) is 11.5 Å². The van der Waals surface area contributed by atoms with Crippen LogP contribution in [0, 0.1) is 0 Å². The lowest BCUT2D eigenvalue weighted by atomic mass is 10.1. The summed E-state index contributed by atoms with van der Waals surface area (Å²) in [6.07, 6.45) is 1.67. The number of methoxy groups -OCH3 is 1. The van der Waals surface area contributed by atoms with Crippen molar-refractivity contribution in [2.75, 3.05) is 7.11 Å². The third-order valence-corrected chi connectivity index (χ3v) is 4.63. The van der Waals surface area contributed by atoms with E-state index in [2.05, 4.69) is 26.5 Å². The van der Waals surface area contributed by atoms with Gasteiger partial charge in [-0.3, -0.25) is 4.79 Å². The quantitative estimate of drug-likeness (QED) is 0.425. The van der Waals surface area contributed by atoms with Gasteiger partial charge in [0.25, 0.3) is 5.91 Å². The maximum Gasteiger partial charge on any atom is 0.275 e. The van der Waals surface area contributed by atoms with Gasteiger partial charge in [-0.25, -0.2) is 5.43 Å². The number of hydrazone groups is 1. The van der Waals surface area contributed by atoms with Crippen LogP contribution in [-0.4, -0.2) is 25.3 Å². The maximum atomic E-state index is 12.6. The molecule has 0 fully saturated rings. The number of carbonyl (C=O) groups is 1. The molecule has 144 valence electrons. The Morgan fingerprint density at radius 2 is 1.79 bits per heavy atom. The van der Waals surface area contributed by atoms with Crippen molar-refractivity contribution in [3.63, 3.8) is 0 Å². The molecule has 3 rings (SSSR count). The molecule has 1 amide bonds. The van der Waals surface area contributed by atoms with Crippen molar-refractivity contribution < 1.29 is 14.3 Å². The van der Waals surface area contributed by atoms with Crippen LogP contribution in [0.3, 0.4) is 0 Å². The first-order valence-corrected chi connectivity index (χ1v) is 9.63. The highest BCUT2D eigenvalue weighted by Gasteiger charge is 2.13. The van der Waals surface area contributed by atoms with Crippen molar-refractivity contribution >= 4 is 38.8 Å². The third-order valence-electron chi connectivity index (χ3n) is 4.01. The Morgan fingerprint density at radius 1 is 1.07 bits per heavy atom. The number of amides is 1. The summed E-state index contributed by atoms with van der Waals surface area (Å²) in [6.45, 7) is 3.94. The lowest BCUT2D eigenvalue weighted by Crippen LogP contribution is -2.18. The number of nitrogens with one attached hydrogen (secondary N) is 1. The topological polar surface area (TPSA) is 59.9 Å². The third kappa shape index (κ3) is 4.70. The molecule has 0 spiro atoms. The van der Waals surface area contributed by atoms with Gasteiger partial charge >= 0.3 is 0 Å². The molecule has 0 atom stereocenters. The number of hydrogen-bond acceptors (Lipinski definition) is 4. The second-order valence-corrected chi connectivity index (χ2v) is 7.31. The Kier molecular flexibility index (Phi) is 6.31. The fourth-order valence-corrected chi connectivity index (χ4v) is 3.23. The van der Waals surface area contributed by atoms with E-state index < -0.39 is 0 Å². The molecule has 0 unspecified atom stereocenters. The number of rotatable bonds is 6. The van der Waals surface area contributed by atoms with Crippen LogP contribution in [0.1, 0.15) is 29.8 Å². The van der Waals surface area contributed by atoms with E-state index in [1.165, 1.54) is 0 Å². The first-order valence-electron chi connectivity index (χ1n) is 8.84. The largest absolute Gasteiger partial charge is 0.496 e. The van der Waals surface area contributed by atoms with Crippen LogP contribution in [0.15, 0.2) is 64.2 Å². The molecule has 6 heteroatoms. The van der Waals surface area contributed by atoms with E-state index in [4.69, 9.17) is 9.47 Å². The van der Waals surface area contributed by atoms with Crippen molar-refractivity contribution in [3.05, 3.63) is 70.2 Å². The van der Waals surface area contributed by atoms with Gasteiger partial charge in [0.15, 0.2) is 0 Å². The van der Waals surface area contributed by atoms with Gasteiger partial charge in [-0.15, -0.1) is 0 Å². The lowest BCUT2D eigenvalue weighted by Gasteiger charge is -2.11. The van der Waals surface area contributed by atoms with Gasteiger partial charge in [0.1, 0.15) is 11.5 Å². The highest BCUT2D eigenvalue weighted by molar-refractivity contribution is 9.10. The summed E-state index contributed by atoms with van der Waals surface area (Å²) in [5, 5.41) is 6.03. The summed E-state index contributed by atoms with van der Waals surface area (Å²) in [7, 11) is 1.54. The molecule has 0 saturated heterocycles. The first-order chi connectivity index (χ1) is 13.5. The molecule has 0 saturated carbocycles. The molecule has 5 nitrogen and oxygen atoms in total. The van der Waals surface area contributed by atoms with Gasteiger partial charge in [-0.1, -0.05) is 24.3 Å². The fraction of sp³-hybridized carbons (Fsp3) is 0.182. The number of carbonyl (C=O) groups excluding carboxylic acids is 1. The van der Waals surface area contributed by atoms with Gasteiger partial charge in [0.2, 0.25) is 0 Å². The summed E-state index contributed by atoms with van der Waals surface area (Å²) in [5.74, 6) is 0.930. The predicted molar refractivity (Wildman–Crippen MR) is 115 cm³/mol. The summed E-state index contributed by atoms with van der Waals surface area (Å²) < 4.78 is 11.9. The van der Waals surface area contributed by atoms with Crippen molar-refractivity contribution in [1.29, 1.82) is 0 Å². The molecule has 0 radical (unpaired) electrons. The zero-order valence-corrected chi connectivity index (χ0v) is 17.5. The normalized spacial score (nSPS) is 11.2. The van der Waals surface area contributed by atoms with Crippen LogP contribution >= 0.6 is 15.9 Å². The second kappa shape index (κ2) is 8.89. The van der Waals surface area contributed by atoms with Crippen molar-refractivity contribution in [1.82, 2.24) is 5.43 Å². The Balaban J connectivity index is 1.75. The molecular formula is C22H21BrN2O3. The minimum Gasteiger partial charge on any atom is -0.496 e. The Bertz CT molecular complexity index is 1030. The molecule has 0 bridgehead atoms. The number of benzene rings is 3. The molecule has 0 aliphatic carbocycles. The summed E-state index contributed by atoms with van der Waals surface area (Å²) >= 11 is 3.48. The van der Waals surface area contributed by atoms with E-state index in [1.807, 2.05) is 62.4 Å². The standard InChI is InChI=1S/C22H21BrN2O3/c1-14(2)28-20-9-8-15(10-19(20)23)13-24-25-22(26)18-11-16-6-4-5-7-17(16)12-21(18)27-3/h4-14H,1-3H3,(H,25,26). The molecule has 3 aromatic rings. The summed E-state index contributed by atoms with van der Waals surface area (Å²) in [5.41, 5.74) is 3.82. The lowest BCUT2D eigenvalue weighted by molar-refractivity contribution is 0.0952.